The molecule has 0 bridgehead atoms. The minimum atomic E-state index is -0.772. The third kappa shape index (κ3) is 5.08. The molecule has 3 aromatic rings. The predicted molar refractivity (Wildman–Crippen MR) is 119 cm³/mol. The number of halogens is 3. The van der Waals surface area contributed by atoms with E-state index < -0.39 is 40.1 Å². The van der Waals surface area contributed by atoms with Crippen molar-refractivity contribution in [1.82, 2.24) is 10.3 Å². The lowest BCUT2D eigenvalue weighted by Crippen LogP contribution is -2.29. The summed E-state index contributed by atoms with van der Waals surface area (Å²) in [5.41, 5.74) is 0.237. The Labute approximate surface area is 192 Å². The number of carbonyl (C=O) groups excluding carboxylic acids is 1. The fourth-order valence-electron chi connectivity index (χ4n) is 3.96. The number of aromatic nitrogens is 1. The highest BCUT2D eigenvalue weighted by molar-refractivity contribution is 5.90. The molecule has 0 saturated carbocycles. The molecule has 2 amide bonds. The van der Waals surface area contributed by atoms with Crippen LogP contribution in [-0.2, 0) is 6.54 Å². The van der Waals surface area contributed by atoms with Crippen molar-refractivity contribution < 1.29 is 22.9 Å². The van der Waals surface area contributed by atoms with E-state index in [0.29, 0.717) is 24.9 Å². The largest absolute Gasteiger partial charge is 0.349 e. The van der Waals surface area contributed by atoms with Gasteiger partial charge in [-0.2, -0.15) is 0 Å². The Balaban J connectivity index is 1.56. The Morgan fingerprint density at radius 2 is 1.91 bits per heavy atom. The Morgan fingerprint density at radius 1 is 1.12 bits per heavy atom. The maximum absolute atomic E-state index is 14.4. The van der Waals surface area contributed by atoms with E-state index in [-0.39, 0.29) is 23.7 Å². The van der Waals surface area contributed by atoms with E-state index >= 15 is 0 Å². The molecule has 176 valence electrons. The maximum Gasteiger partial charge on any atom is 0.320 e. The van der Waals surface area contributed by atoms with Gasteiger partial charge in [-0.25, -0.2) is 22.9 Å². The molecular formula is C23H20F3N5O3. The van der Waals surface area contributed by atoms with Crippen molar-refractivity contribution in [1.29, 1.82) is 0 Å². The summed E-state index contributed by atoms with van der Waals surface area (Å²) in [7, 11) is 0. The van der Waals surface area contributed by atoms with Crippen LogP contribution in [0.5, 0.6) is 0 Å². The summed E-state index contributed by atoms with van der Waals surface area (Å²) in [5.74, 6) is -1.62. The first-order valence-electron chi connectivity index (χ1n) is 10.5. The van der Waals surface area contributed by atoms with E-state index in [1.807, 2.05) is 0 Å². The van der Waals surface area contributed by atoms with Gasteiger partial charge in [0.15, 0.2) is 0 Å². The molecule has 11 heteroatoms. The van der Waals surface area contributed by atoms with Gasteiger partial charge in [0.05, 0.1) is 11.0 Å². The van der Waals surface area contributed by atoms with Crippen LogP contribution in [0.15, 0.2) is 54.6 Å². The number of anilines is 2. The van der Waals surface area contributed by atoms with Gasteiger partial charge in [-0.3, -0.25) is 15.4 Å². The fourth-order valence-corrected chi connectivity index (χ4v) is 3.96. The van der Waals surface area contributed by atoms with Gasteiger partial charge in [0.2, 0.25) is 5.82 Å². The maximum atomic E-state index is 14.4. The number of rotatable bonds is 6. The van der Waals surface area contributed by atoms with E-state index in [2.05, 4.69) is 15.6 Å². The molecule has 1 aliphatic heterocycles. The summed E-state index contributed by atoms with van der Waals surface area (Å²) in [6.07, 6.45) is 1.21. The Bertz CT molecular complexity index is 1240. The third-order valence-electron chi connectivity index (χ3n) is 5.49. The number of amides is 2. The van der Waals surface area contributed by atoms with Gasteiger partial charge in [0, 0.05) is 24.7 Å². The number of hydrogen-bond acceptors (Lipinski definition) is 5. The monoisotopic (exact) mass is 471 g/mol. The van der Waals surface area contributed by atoms with Gasteiger partial charge in [-0.05, 0) is 54.8 Å². The SMILES string of the molecule is O=C(NCc1cccc(F)c1)Nc1nc(N2CCCC2c2cc(F)ccc2F)ccc1[N+](=O)[O-]. The Hall–Kier alpha value is -4.15. The number of carbonyl (C=O) groups is 1. The van der Waals surface area contributed by atoms with Crippen LogP contribution in [0.1, 0.15) is 30.0 Å². The summed E-state index contributed by atoms with van der Waals surface area (Å²) in [5, 5.41) is 16.3. The zero-order chi connectivity index (χ0) is 24.2. The van der Waals surface area contributed by atoms with Crippen molar-refractivity contribution in [2.75, 3.05) is 16.8 Å². The quantitative estimate of drug-likeness (QED) is 0.386. The second-order valence-corrected chi connectivity index (χ2v) is 7.75. The molecule has 2 heterocycles. The first kappa shape index (κ1) is 23.0. The van der Waals surface area contributed by atoms with Crippen LogP contribution in [0.2, 0.25) is 0 Å². The molecule has 0 aliphatic carbocycles. The average Bonchev–Trinajstić information content (AvgIpc) is 3.29. The lowest BCUT2D eigenvalue weighted by molar-refractivity contribution is -0.384. The molecule has 2 N–H and O–H groups in total. The molecule has 1 aromatic heterocycles. The van der Waals surface area contributed by atoms with Gasteiger partial charge < -0.3 is 10.2 Å². The number of hydrogen-bond donors (Lipinski definition) is 2. The molecule has 1 fully saturated rings. The van der Waals surface area contributed by atoms with Gasteiger partial charge in [-0.1, -0.05) is 12.1 Å². The minimum absolute atomic E-state index is 0.00979. The number of nitro groups is 1. The van der Waals surface area contributed by atoms with Crippen molar-refractivity contribution in [3.8, 4) is 0 Å². The lowest BCUT2D eigenvalue weighted by Gasteiger charge is -2.26. The number of urea groups is 1. The fraction of sp³-hybridized carbons (Fsp3) is 0.217. The van der Waals surface area contributed by atoms with Crippen LogP contribution < -0.4 is 15.5 Å². The summed E-state index contributed by atoms with van der Waals surface area (Å²) in [6.45, 7) is 0.459. The second-order valence-electron chi connectivity index (χ2n) is 7.75. The van der Waals surface area contributed by atoms with Gasteiger partial charge in [0.1, 0.15) is 23.3 Å². The average molecular weight is 471 g/mol. The number of nitrogens with zero attached hydrogens (tertiary/aromatic N) is 3. The highest BCUT2D eigenvalue weighted by atomic mass is 19.1. The van der Waals surface area contributed by atoms with Crippen molar-refractivity contribution in [3.63, 3.8) is 0 Å². The number of nitrogens with one attached hydrogen (secondary N) is 2. The van der Waals surface area contributed by atoms with Crippen LogP contribution in [0.4, 0.5) is 35.3 Å². The van der Waals surface area contributed by atoms with Crippen molar-refractivity contribution in [2.24, 2.45) is 0 Å². The van der Waals surface area contributed by atoms with Crippen LogP contribution in [0.25, 0.3) is 0 Å². The van der Waals surface area contributed by atoms with Gasteiger partial charge >= 0.3 is 11.7 Å². The molecule has 0 radical (unpaired) electrons. The second kappa shape index (κ2) is 9.77. The van der Waals surface area contributed by atoms with Crippen molar-refractivity contribution >= 4 is 23.4 Å². The molecule has 1 aliphatic rings. The summed E-state index contributed by atoms with van der Waals surface area (Å²) in [6, 6.07) is 10.2. The summed E-state index contributed by atoms with van der Waals surface area (Å²) >= 11 is 0. The van der Waals surface area contributed by atoms with E-state index in [4.69, 9.17) is 0 Å². The predicted octanol–water partition coefficient (Wildman–Crippen LogP) is 5.07. The first-order valence-corrected chi connectivity index (χ1v) is 10.5. The molecule has 2 aromatic carbocycles. The van der Waals surface area contributed by atoms with Gasteiger partial charge in [0.25, 0.3) is 0 Å². The summed E-state index contributed by atoms with van der Waals surface area (Å²) < 4.78 is 41.4. The molecule has 0 spiro atoms. The normalized spacial score (nSPS) is 15.3. The van der Waals surface area contributed by atoms with E-state index in [0.717, 1.165) is 18.2 Å². The van der Waals surface area contributed by atoms with Crippen LogP contribution in [0.3, 0.4) is 0 Å². The molecule has 1 saturated heterocycles. The van der Waals surface area contributed by atoms with E-state index in [1.165, 1.54) is 30.3 Å². The minimum Gasteiger partial charge on any atom is -0.349 e. The number of pyridine rings is 1. The van der Waals surface area contributed by atoms with Crippen LogP contribution in [-0.4, -0.2) is 22.5 Å². The highest BCUT2D eigenvalue weighted by Gasteiger charge is 2.31. The van der Waals surface area contributed by atoms with E-state index in [1.54, 1.807) is 11.0 Å². The molecular weight excluding hydrogens is 451 g/mol. The van der Waals surface area contributed by atoms with Crippen molar-refractivity contribution in [3.05, 3.63) is 93.3 Å². The first-order chi connectivity index (χ1) is 16.3. The highest BCUT2D eigenvalue weighted by Crippen LogP contribution is 2.38. The van der Waals surface area contributed by atoms with Crippen LogP contribution >= 0.6 is 0 Å². The zero-order valence-corrected chi connectivity index (χ0v) is 17.8. The van der Waals surface area contributed by atoms with Crippen molar-refractivity contribution in [2.45, 2.75) is 25.4 Å². The smallest absolute Gasteiger partial charge is 0.320 e. The topological polar surface area (TPSA) is 100 Å². The Morgan fingerprint density at radius 3 is 2.68 bits per heavy atom. The number of benzene rings is 2. The van der Waals surface area contributed by atoms with Gasteiger partial charge in [-0.15, -0.1) is 0 Å². The zero-order valence-electron chi connectivity index (χ0n) is 17.8. The molecule has 1 unspecified atom stereocenters. The van der Waals surface area contributed by atoms with E-state index in [9.17, 15) is 28.1 Å². The summed E-state index contributed by atoms with van der Waals surface area (Å²) in [4.78, 5) is 29.1. The molecule has 1 atom stereocenters. The standard InChI is InChI=1S/C23H20F3N5O3/c24-15-4-1-3-14(11-15)13-27-23(32)29-22-20(31(33)34)8-9-21(28-22)30-10-2-5-19(30)17-12-16(25)6-7-18(17)26/h1,3-4,6-9,11-12,19H,2,5,10,13H2,(H2,27,28,29,32). The Kier molecular flexibility index (Phi) is 6.62. The molecule has 34 heavy (non-hydrogen) atoms. The molecule has 8 nitrogen and oxygen atoms in total. The van der Waals surface area contributed by atoms with Crippen LogP contribution in [0, 0.1) is 27.6 Å². The third-order valence-corrected chi connectivity index (χ3v) is 5.49. The lowest BCUT2D eigenvalue weighted by atomic mass is 10.0. The molecule has 4 rings (SSSR count).